The van der Waals surface area contributed by atoms with Crippen LogP contribution in [0.15, 0.2) is 0 Å². The van der Waals surface area contributed by atoms with Crippen molar-refractivity contribution in [3.63, 3.8) is 0 Å². The Labute approximate surface area is 42.5 Å². The first kappa shape index (κ1) is 6.21. The minimum absolute atomic E-state index is 0.0370. The van der Waals surface area contributed by atoms with E-state index in [-0.39, 0.29) is 5.38 Å². The molecule has 38 valence electrons. The Bertz CT molecular complexity index is 28.0. The molecule has 0 spiro atoms. The second-order valence-electron chi connectivity index (χ2n) is 1.07. The van der Waals surface area contributed by atoms with Gasteiger partial charge in [0.2, 0.25) is 0 Å². The summed E-state index contributed by atoms with van der Waals surface area (Å²) < 4.78 is 0. The van der Waals surface area contributed by atoms with Crippen LogP contribution in [0.5, 0.6) is 0 Å². The molecule has 2 nitrogen and oxygen atoms in total. The predicted molar refractivity (Wildman–Crippen MR) is 27.7 cm³/mol. The molecule has 0 aromatic heterocycles. The number of nitrogens with two attached hydrogens (primary N) is 2. The molecule has 4 N–H and O–H groups in total. The molecule has 0 heterocycles. The van der Waals surface area contributed by atoms with Crippen LogP contribution in [-0.4, -0.2) is 18.5 Å². The molecule has 0 amide bonds. The number of hydrogen-bond acceptors (Lipinski definition) is 2. The number of hydrogen-bond donors (Lipinski definition) is 2. The average molecular weight is 109 g/mol. The van der Waals surface area contributed by atoms with E-state index in [1.807, 2.05) is 0 Å². The van der Waals surface area contributed by atoms with Crippen LogP contribution >= 0.6 is 11.6 Å². The van der Waals surface area contributed by atoms with Crippen LogP contribution in [-0.2, 0) is 0 Å². The molecule has 3 heteroatoms. The van der Waals surface area contributed by atoms with Gasteiger partial charge >= 0.3 is 0 Å². The Hall–Kier alpha value is 0.210. The second-order valence-corrected chi connectivity index (χ2v) is 1.69. The maximum absolute atomic E-state index is 5.40. The molecule has 0 aliphatic heterocycles. The molecule has 0 aliphatic rings. The summed E-state index contributed by atoms with van der Waals surface area (Å²) in [6, 6.07) is 0. The average Bonchev–Trinajstić information content (AvgIpc) is 1.65. The van der Waals surface area contributed by atoms with E-state index < -0.39 is 0 Å². The maximum atomic E-state index is 5.40. The summed E-state index contributed by atoms with van der Waals surface area (Å²) in [6.07, 6.45) is 0. The van der Waals surface area contributed by atoms with Crippen LogP contribution in [0.4, 0.5) is 0 Å². The molecule has 0 atom stereocenters. The van der Waals surface area contributed by atoms with E-state index in [1.165, 1.54) is 0 Å². The van der Waals surface area contributed by atoms with Crippen LogP contribution < -0.4 is 11.5 Å². The van der Waals surface area contributed by atoms with E-state index in [2.05, 4.69) is 0 Å². The van der Waals surface area contributed by atoms with Crippen molar-refractivity contribution < 1.29 is 0 Å². The fourth-order valence-electron chi connectivity index (χ4n) is 0.0962. The van der Waals surface area contributed by atoms with Crippen LogP contribution in [0, 0.1) is 0 Å². The molecular formula is C3H9ClN2. The molecule has 0 radical (unpaired) electrons. The fraction of sp³-hybridized carbons (Fsp3) is 1.00. The maximum Gasteiger partial charge on any atom is 0.0580 e. The van der Waals surface area contributed by atoms with Gasteiger partial charge in [0, 0.05) is 13.1 Å². The Morgan fingerprint density at radius 1 is 1.33 bits per heavy atom. The topological polar surface area (TPSA) is 52.0 Å². The normalized spacial score (nSPS) is 10.0. The minimum Gasteiger partial charge on any atom is -0.329 e. The molecule has 0 rings (SSSR count). The van der Waals surface area contributed by atoms with Gasteiger partial charge in [0.15, 0.2) is 0 Å². The standard InChI is InChI=1S/C3H9ClN2/c4-3(1-5)2-6/h3H,1-2,5-6H2. The van der Waals surface area contributed by atoms with Gasteiger partial charge in [0.1, 0.15) is 0 Å². The van der Waals surface area contributed by atoms with E-state index in [9.17, 15) is 0 Å². The van der Waals surface area contributed by atoms with Crippen molar-refractivity contribution >= 4 is 11.6 Å². The van der Waals surface area contributed by atoms with Gasteiger partial charge in [0.05, 0.1) is 5.38 Å². The second kappa shape index (κ2) is 3.40. The number of alkyl halides is 1. The third-order valence-corrected chi connectivity index (χ3v) is 0.868. The van der Waals surface area contributed by atoms with Crippen molar-refractivity contribution in [3.05, 3.63) is 0 Å². The molecule has 0 saturated carbocycles. The SMILES string of the molecule is NCC(Cl)CN. The Balaban J connectivity index is 2.75. The highest BCUT2D eigenvalue weighted by atomic mass is 35.5. The van der Waals surface area contributed by atoms with Crippen LogP contribution in [0.1, 0.15) is 0 Å². The molecular weight excluding hydrogens is 99.5 g/mol. The molecule has 0 saturated heterocycles. The van der Waals surface area contributed by atoms with Crippen molar-refractivity contribution in [2.75, 3.05) is 13.1 Å². The van der Waals surface area contributed by atoms with Crippen molar-refractivity contribution in [2.45, 2.75) is 5.38 Å². The van der Waals surface area contributed by atoms with Crippen molar-refractivity contribution in [1.29, 1.82) is 0 Å². The summed E-state index contributed by atoms with van der Waals surface area (Å²) in [5, 5.41) is -0.0370. The highest BCUT2D eigenvalue weighted by Crippen LogP contribution is 1.84. The van der Waals surface area contributed by atoms with Crippen LogP contribution in [0.25, 0.3) is 0 Å². The Kier molecular flexibility index (Phi) is 3.52. The van der Waals surface area contributed by atoms with E-state index >= 15 is 0 Å². The smallest absolute Gasteiger partial charge is 0.0580 e. The van der Waals surface area contributed by atoms with Gasteiger partial charge < -0.3 is 11.5 Å². The monoisotopic (exact) mass is 108 g/mol. The van der Waals surface area contributed by atoms with E-state index in [4.69, 9.17) is 23.1 Å². The molecule has 0 aromatic carbocycles. The summed E-state index contributed by atoms with van der Waals surface area (Å²) in [5.74, 6) is 0. The first-order valence-electron chi connectivity index (χ1n) is 1.85. The summed E-state index contributed by atoms with van der Waals surface area (Å²) >= 11 is 5.40. The van der Waals surface area contributed by atoms with Gasteiger partial charge in [0.25, 0.3) is 0 Å². The molecule has 0 unspecified atom stereocenters. The van der Waals surface area contributed by atoms with Gasteiger partial charge in [-0.15, -0.1) is 11.6 Å². The molecule has 0 aromatic rings. The molecule has 0 aliphatic carbocycles. The van der Waals surface area contributed by atoms with E-state index in [1.54, 1.807) is 0 Å². The summed E-state index contributed by atoms with van der Waals surface area (Å²) in [6.45, 7) is 0.941. The van der Waals surface area contributed by atoms with Gasteiger partial charge in [-0.2, -0.15) is 0 Å². The van der Waals surface area contributed by atoms with E-state index in [0.717, 1.165) is 0 Å². The lowest BCUT2D eigenvalue weighted by Crippen LogP contribution is -2.22. The minimum atomic E-state index is -0.0370. The zero-order valence-corrected chi connectivity index (χ0v) is 4.28. The lowest BCUT2D eigenvalue weighted by Gasteiger charge is -1.96. The van der Waals surface area contributed by atoms with Crippen molar-refractivity contribution in [3.8, 4) is 0 Å². The molecule has 0 fully saturated rings. The summed E-state index contributed by atoms with van der Waals surface area (Å²) in [7, 11) is 0. The fourth-order valence-corrected chi connectivity index (χ4v) is 0.0962. The van der Waals surface area contributed by atoms with Crippen LogP contribution in [0.3, 0.4) is 0 Å². The van der Waals surface area contributed by atoms with E-state index in [0.29, 0.717) is 13.1 Å². The number of halogens is 1. The zero-order chi connectivity index (χ0) is 4.99. The zero-order valence-electron chi connectivity index (χ0n) is 3.52. The van der Waals surface area contributed by atoms with Gasteiger partial charge in [-0.3, -0.25) is 0 Å². The first-order chi connectivity index (χ1) is 2.81. The summed E-state index contributed by atoms with van der Waals surface area (Å²) in [5.41, 5.74) is 10.1. The largest absolute Gasteiger partial charge is 0.329 e. The van der Waals surface area contributed by atoms with Gasteiger partial charge in [-0.1, -0.05) is 0 Å². The summed E-state index contributed by atoms with van der Waals surface area (Å²) in [4.78, 5) is 0. The van der Waals surface area contributed by atoms with Gasteiger partial charge in [-0.25, -0.2) is 0 Å². The molecule has 0 bridgehead atoms. The Morgan fingerprint density at radius 3 is 1.67 bits per heavy atom. The Morgan fingerprint density at radius 2 is 1.67 bits per heavy atom. The first-order valence-corrected chi connectivity index (χ1v) is 2.29. The number of rotatable bonds is 2. The van der Waals surface area contributed by atoms with Crippen molar-refractivity contribution in [1.82, 2.24) is 0 Å². The lowest BCUT2D eigenvalue weighted by atomic mass is 10.4. The quantitative estimate of drug-likeness (QED) is 0.469. The predicted octanol–water partition coefficient (Wildman–Crippen LogP) is -0.489. The highest BCUT2D eigenvalue weighted by Gasteiger charge is 1.92. The third-order valence-electron chi connectivity index (χ3n) is 0.512. The van der Waals surface area contributed by atoms with Crippen LogP contribution in [0.2, 0.25) is 0 Å². The molecule has 6 heavy (non-hydrogen) atoms. The third kappa shape index (κ3) is 2.45. The highest BCUT2D eigenvalue weighted by molar-refractivity contribution is 6.20. The van der Waals surface area contributed by atoms with Crippen molar-refractivity contribution in [2.24, 2.45) is 11.5 Å². The van der Waals surface area contributed by atoms with Gasteiger partial charge in [-0.05, 0) is 0 Å². The lowest BCUT2D eigenvalue weighted by molar-refractivity contribution is 0.853.